The zero-order valence-corrected chi connectivity index (χ0v) is 14.9. The van der Waals surface area contributed by atoms with Crippen LogP contribution in [0.2, 0.25) is 0 Å². The fourth-order valence-corrected chi connectivity index (χ4v) is 2.51. The van der Waals surface area contributed by atoms with Crippen LogP contribution in [-0.2, 0) is 11.2 Å². The number of anilines is 1. The number of fused-ring (bicyclic) bond motifs is 1. The van der Waals surface area contributed by atoms with Gasteiger partial charge in [-0.3, -0.25) is 4.90 Å². The molecule has 1 aromatic rings. The predicted octanol–water partition coefficient (Wildman–Crippen LogP) is 4.31. The predicted molar refractivity (Wildman–Crippen MR) is 92.2 cm³/mol. The molecule has 0 bridgehead atoms. The fourth-order valence-electron chi connectivity index (χ4n) is 2.25. The Morgan fingerprint density at radius 1 is 1.36 bits per heavy atom. The Morgan fingerprint density at radius 2 is 2.14 bits per heavy atom. The minimum absolute atomic E-state index is 0.292. The van der Waals surface area contributed by atoms with Crippen LogP contribution in [0.5, 0.6) is 5.75 Å². The maximum absolute atomic E-state index is 12.2. The van der Waals surface area contributed by atoms with Crippen LogP contribution in [0.25, 0.3) is 0 Å². The first-order valence-corrected chi connectivity index (χ1v) is 8.50. The number of rotatable bonds is 4. The molecule has 0 spiro atoms. The van der Waals surface area contributed by atoms with Crippen molar-refractivity contribution in [2.24, 2.45) is 0 Å². The summed E-state index contributed by atoms with van der Waals surface area (Å²) in [5.74, 6) is 0.823. The highest BCUT2D eigenvalue weighted by Crippen LogP contribution is 2.32. The Kier molecular flexibility index (Phi) is 5.51. The normalized spacial score (nSPS) is 14.3. The third-order valence-electron chi connectivity index (χ3n) is 3.16. The van der Waals surface area contributed by atoms with E-state index in [-0.39, 0.29) is 6.09 Å². The Morgan fingerprint density at radius 3 is 2.82 bits per heavy atom. The SMILES string of the molecule is CC(C)(C)OC(=O)N1CCc2cc(OCC=CCBr)ccc21. The molecule has 0 saturated heterocycles. The van der Waals surface area contributed by atoms with Gasteiger partial charge in [0.2, 0.25) is 0 Å². The maximum Gasteiger partial charge on any atom is 0.414 e. The van der Waals surface area contributed by atoms with E-state index in [4.69, 9.17) is 9.47 Å². The number of carbonyl (C=O) groups excluding carboxylic acids is 1. The van der Waals surface area contributed by atoms with Gasteiger partial charge in [-0.2, -0.15) is 0 Å². The van der Waals surface area contributed by atoms with Crippen LogP contribution in [0.3, 0.4) is 0 Å². The lowest BCUT2D eigenvalue weighted by atomic mass is 10.1. The van der Waals surface area contributed by atoms with Crippen molar-refractivity contribution in [3.63, 3.8) is 0 Å². The molecule has 0 saturated carbocycles. The molecular formula is C17H22BrNO3. The molecule has 5 heteroatoms. The Labute approximate surface area is 140 Å². The van der Waals surface area contributed by atoms with Crippen molar-refractivity contribution in [3.8, 4) is 5.75 Å². The lowest BCUT2D eigenvalue weighted by Gasteiger charge is -2.24. The van der Waals surface area contributed by atoms with Gasteiger partial charge in [-0.15, -0.1) is 0 Å². The second-order valence-corrected chi connectivity index (χ2v) is 6.76. The zero-order valence-electron chi connectivity index (χ0n) is 13.3. The van der Waals surface area contributed by atoms with Crippen molar-refractivity contribution < 1.29 is 14.3 Å². The number of allylic oxidation sites excluding steroid dienone is 1. The topological polar surface area (TPSA) is 38.8 Å². The molecule has 2 rings (SSSR count). The van der Waals surface area contributed by atoms with Crippen LogP contribution in [0.1, 0.15) is 26.3 Å². The van der Waals surface area contributed by atoms with Crippen molar-refractivity contribution in [2.45, 2.75) is 32.8 Å². The summed E-state index contributed by atoms with van der Waals surface area (Å²) in [6.07, 6.45) is 4.50. The lowest BCUT2D eigenvalue weighted by molar-refractivity contribution is 0.0584. The third kappa shape index (κ3) is 4.50. The summed E-state index contributed by atoms with van der Waals surface area (Å²) in [5, 5.41) is 0.825. The first-order chi connectivity index (χ1) is 10.4. The summed E-state index contributed by atoms with van der Waals surface area (Å²) >= 11 is 3.33. The average molecular weight is 368 g/mol. The van der Waals surface area contributed by atoms with Crippen molar-refractivity contribution >= 4 is 27.7 Å². The summed E-state index contributed by atoms with van der Waals surface area (Å²) in [7, 11) is 0. The zero-order chi connectivity index (χ0) is 16.2. The number of benzene rings is 1. The largest absolute Gasteiger partial charge is 0.490 e. The summed E-state index contributed by atoms with van der Waals surface area (Å²) < 4.78 is 11.1. The molecule has 22 heavy (non-hydrogen) atoms. The molecule has 1 aliphatic heterocycles. The monoisotopic (exact) mass is 367 g/mol. The number of amides is 1. The maximum atomic E-state index is 12.2. The van der Waals surface area contributed by atoms with E-state index in [2.05, 4.69) is 15.9 Å². The Balaban J connectivity index is 2.04. The molecule has 1 aliphatic rings. The highest BCUT2D eigenvalue weighted by Gasteiger charge is 2.29. The standard InChI is InChI=1S/C17H22BrNO3/c1-17(2,3)22-16(20)19-10-8-13-12-14(6-7-15(13)19)21-11-5-4-9-18/h4-7,12H,8-11H2,1-3H3. The molecule has 1 aromatic carbocycles. The molecule has 0 fully saturated rings. The number of ether oxygens (including phenoxy) is 2. The number of alkyl halides is 1. The quantitative estimate of drug-likeness (QED) is 0.587. The van der Waals surface area contributed by atoms with Crippen LogP contribution >= 0.6 is 15.9 Å². The van der Waals surface area contributed by atoms with Crippen LogP contribution in [0.4, 0.5) is 10.5 Å². The smallest absolute Gasteiger partial charge is 0.414 e. The first kappa shape index (κ1) is 16.9. The Hall–Kier alpha value is -1.49. The van der Waals surface area contributed by atoms with Gasteiger partial charge < -0.3 is 9.47 Å². The minimum atomic E-state index is -0.482. The molecule has 120 valence electrons. The highest BCUT2D eigenvalue weighted by atomic mass is 79.9. The second kappa shape index (κ2) is 7.18. The van der Waals surface area contributed by atoms with E-state index in [1.807, 2.05) is 51.1 Å². The van der Waals surface area contributed by atoms with E-state index < -0.39 is 5.60 Å². The number of carbonyl (C=O) groups is 1. The Bertz CT molecular complexity index is 564. The number of nitrogens with zero attached hydrogens (tertiary/aromatic N) is 1. The van der Waals surface area contributed by atoms with Gasteiger partial charge in [-0.05, 0) is 51.0 Å². The van der Waals surface area contributed by atoms with Gasteiger partial charge in [0.1, 0.15) is 18.0 Å². The van der Waals surface area contributed by atoms with Gasteiger partial charge in [-0.25, -0.2) is 4.79 Å². The first-order valence-electron chi connectivity index (χ1n) is 7.38. The molecule has 0 aromatic heterocycles. The van der Waals surface area contributed by atoms with Gasteiger partial charge in [-0.1, -0.05) is 28.1 Å². The number of hydrogen-bond donors (Lipinski definition) is 0. The second-order valence-electron chi connectivity index (χ2n) is 6.11. The van der Waals surface area contributed by atoms with Crippen LogP contribution in [0.15, 0.2) is 30.4 Å². The van der Waals surface area contributed by atoms with E-state index in [1.54, 1.807) is 4.90 Å². The molecular weight excluding hydrogens is 346 g/mol. The molecule has 0 unspecified atom stereocenters. The molecule has 0 radical (unpaired) electrons. The van der Waals surface area contributed by atoms with E-state index >= 15 is 0 Å². The van der Waals surface area contributed by atoms with Crippen molar-refractivity contribution in [1.29, 1.82) is 0 Å². The molecule has 0 aliphatic carbocycles. The van der Waals surface area contributed by atoms with Crippen LogP contribution < -0.4 is 9.64 Å². The van der Waals surface area contributed by atoms with E-state index in [0.717, 1.165) is 28.8 Å². The molecule has 1 heterocycles. The molecule has 0 N–H and O–H groups in total. The van der Waals surface area contributed by atoms with Gasteiger partial charge in [0.15, 0.2) is 0 Å². The molecule has 1 amide bonds. The van der Waals surface area contributed by atoms with Crippen molar-refractivity contribution in [3.05, 3.63) is 35.9 Å². The van der Waals surface area contributed by atoms with Crippen LogP contribution in [-0.4, -0.2) is 30.2 Å². The van der Waals surface area contributed by atoms with Gasteiger partial charge in [0, 0.05) is 11.9 Å². The lowest BCUT2D eigenvalue weighted by Crippen LogP contribution is -2.35. The van der Waals surface area contributed by atoms with Crippen molar-refractivity contribution in [1.82, 2.24) is 0 Å². The molecule has 0 atom stereocenters. The summed E-state index contributed by atoms with van der Waals surface area (Å²) in [4.78, 5) is 13.9. The van der Waals surface area contributed by atoms with Gasteiger partial charge in [0.05, 0.1) is 5.69 Å². The van der Waals surface area contributed by atoms with E-state index in [1.165, 1.54) is 0 Å². The van der Waals surface area contributed by atoms with Gasteiger partial charge >= 0.3 is 6.09 Å². The van der Waals surface area contributed by atoms with E-state index in [0.29, 0.717) is 13.2 Å². The van der Waals surface area contributed by atoms with Crippen LogP contribution in [0, 0.1) is 0 Å². The minimum Gasteiger partial charge on any atom is -0.490 e. The number of hydrogen-bond acceptors (Lipinski definition) is 3. The number of halogens is 1. The van der Waals surface area contributed by atoms with Gasteiger partial charge in [0.25, 0.3) is 0 Å². The average Bonchev–Trinajstić information content (AvgIpc) is 2.85. The molecule has 4 nitrogen and oxygen atoms in total. The summed E-state index contributed by atoms with van der Waals surface area (Å²) in [6, 6.07) is 5.82. The summed E-state index contributed by atoms with van der Waals surface area (Å²) in [5.41, 5.74) is 1.55. The fraction of sp³-hybridized carbons (Fsp3) is 0.471. The van der Waals surface area contributed by atoms with Crippen molar-refractivity contribution in [2.75, 3.05) is 23.4 Å². The third-order valence-corrected chi connectivity index (χ3v) is 3.54. The highest BCUT2D eigenvalue weighted by molar-refractivity contribution is 9.09. The summed E-state index contributed by atoms with van der Waals surface area (Å²) in [6.45, 7) is 6.81. The van der Waals surface area contributed by atoms with E-state index in [9.17, 15) is 4.79 Å².